The molecule has 0 radical (unpaired) electrons. The maximum absolute atomic E-state index is 13.1. The summed E-state index contributed by atoms with van der Waals surface area (Å²) in [6, 6.07) is 20.2. The fraction of sp³-hybridized carbons (Fsp3) is 0.174. The Balaban J connectivity index is 1.55. The molecule has 0 bridgehead atoms. The van der Waals surface area contributed by atoms with Gasteiger partial charge in [-0.25, -0.2) is 4.79 Å². The van der Waals surface area contributed by atoms with E-state index in [0.29, 0.717) is 11.3 Å². The molecule has 1 heterocycles. The number of hydrogen-bond donors (Lipinski definition) is 2. The van der Waals surface area contributed by atoms with Gasteiger partial charge in [0.2, 0.25) is 5.91 Å². The van der Waals surface area contributed by atoms with Gasteiger partial charge >= 0.3 is 6.03 Å². The van der Waals surface area contributed by atoms with Crippen LogP contribution < -0.4 is 10.6 Å². The van der Waals surface area contributed by atoms with Gasteiger partial charge in [0.05, 0.1) is 0 Å². The molecule has 6 heteroatoms. The summed E-state index contributed by atoms with van der Waals surface area (Å²) >= 11 is 0. The van der Waals surface area contributed by atoms with E-state index in [-0.39, 0.29) is 6.54 Å². The van der Waals surface area contributed by atoms with Crippen LogP contribution in [0.25, 0.3) is 10.8 Å². The van der Waals surface area contributed by atoms with E-state index in [1.807, 2.05) is 67.6 Å². The molecule has 2 N–H and O–H groups in total. The number of urea groups is 1. The zero-order valence-corrected chi connectivity index (χ0v) is 16.2. The Bertz CT molecular complexity index is 1140. The van der Waals surface area contributed by atoms with Gasteiger partial charge in [-0.3, -0.25) is 14.5 Å². The van der Waals surface area contributed by atoms with E-state index < -0.39 is 23.4 Å². The summed E-state index contributed by atoms with van der Waals surface area (Å²) in [6.07, 6.45) is 0. The third-order valence-electron chi connectivity index (χ3n) is 5.21. The van der Waals surface area contributed by atoms with Gasteiger partial charge in [-0.1, -0.05) is 48.5 Å². The monoisotopic (exact) mass is 387 g/mol. The van der Waals surface area contributed by atoms with Crippen molar-refractivity contribution < 1.29 is 14.4 Å². The molecule has 4 amide bonds. The molecule has 6 nitrogen and oxygen atoms in total. The highest BCUT2D eigenvalue weighted by atomic mass is 16.2. The molecular weight excluding hydrogens is 366 g/mol. The molecule has 0 saturated carbocycles. The zero-order chi connectivity index (χ0) is 20.6. The number of carbonyl (C=O) groups excluding carboxylic acids is 3. The molecule has 1 atom stereocenters. The lowest BCUT2D eigenvalue weighted by Crippen LogP contribution is -2.42. The second-order valence-corrected chi connectivity index (χ2v) is 7.43. The summed E-state index contributed by atoms with van der Waals surface area (Å²) in [5, 5.41) is 7.50. The van der Waals surface area contributed by atoms with Gasteiger partial charge < -0.3 is 10.6 Å². The number of fused-ring (bicyclic) bond motifs is 1. The third kappa shape index (κ3) is 3.45. The summed E-state index contributed by atoms with van der Waals surface area (Å²) in [7, 11) is 0. The SMILES string of the molecule is Cc1cccc(NC(=O)CN2C(=O)NC(C)(c3ccc4ccccc4c3)C2=O)c1. The van der Waals surface area contributed by atoms with Crippen LogP contribution in [-0.4, -0.2) is 29.3 Å². The van der Waals surface area contributed by atoms with E-state index in [0.717, 1.165) is 21.2 Å². The lowest BCUT2D eigenvalue weighted by Gasteiger charge is -2.22. The lowest BCUT2D eigenvalue weighted by atomic mass is 9.90. The highest BCUT2D eigenvalue weighted by molar-refractivity contribution is 6.10. The van der Waals surface area contributed by atoms with Crippen molar-refractivity contribution in [3.63, 3.8) is 0 Å². The summed E-state index contributed by atoms with van der Waals surface area (Å²) in [5.41, 5.74) is 1.09. The fourth-order valence-electron chi connectivity index (χ4n) is 3.60. The number of nitrogens with one attached hydrogen (secondary N) is 2. The fourth-order valence-corrected chi connectivity index (χ4v) is 3.60. The van der Waals surface area contributed by atoms with Gasteiger partial charge in [-0.15, -0.1) is 0 Å². The highest BCUT2D eigenvalue weighted by Crippen LogP contribution is 2.31. The Kier molecular flexibility index (Phi) is 4.54. The molecule has 1 aliphatic heterocycles. The molecule has 0 aromatic heterocycles. The summed E-state index contributed by atoms with van der Waals surface area (Å²) in [6.45, 7) is 3.24. The standard InChI is InChI=1S/C23H21N3O3/c1-15-6-5-9-19(12-15)24-20(27)14-26-21(28)23(2,25-22(26)29)18-11-10-16-7-3-4-8-17(16)13-18/h3-13H,14H2,1-2H3,(H,24,27)(H,25,29). The van der Waals surface area contributed by atoms with Gasteiger partial charge in [-0.05, 0) is 53.9 Å². The quantitative estimate of drug-likeness (QED) is 0.672. The van der Waals surface area contributed by atoms with Crippen molar-refractivity contribution in [3.8, 4) is 0 Å². The van der Waals surface area contributed by atoms with Crippen LogP contribution in [-0.2, 0) is 15.1 Å². The minimum absolute atomic E-state index is 0.345. The highest BCUT2D eigenvalue weighted by Gasteiger charge is 2.49. The van der Waals surface area contributed by atoms with Crippen molar-refractivity contribution >= 4 is 34.3 Å². The van der Waals surface area contributed by atoms with Crippen molar-refractivity contribution in [1.82, 2.24) is 10.2 Å². The third-order valence-corrected chi connectivity index (χ3v) is 5.21. The molecular formula is C23H21N3O3. The Labute approximate surface area is 168 Å². The number of benzene rings is 3. The lowest BCUT2D eigenvalue weighted by molar-refractivity contribution is -0.133. The van der Waals surface area contributed by atoms with Gasteiger partial charge in [0, 0.05) is 5.69 Å². The number of aryl methyl sites for hydroxylation is 1. The number of imide groups is 1. The van der Waals surface area contributed by atoms with Gasteiger partial charge in [0.1, 0.15) is 12.1 Å². The number of hydrogen-bond acceptors (Lipinski definition) is 3. The Morgan fingerprint density at radius 1 is 1.00 bits per heavy atom. The van der Waals surface area contributed by atoms with Gasteiger partial charge in [0.15, 0.2) is 0 Å². The maximum Gasteiger partial charge on any atom is 0.325 e. The van der Waals surface area contributed by atoms with Crippen LogP contribution in [0.4, 0.5) is 10.5 Å². The largest absolute Gasteiger partial charge is 0.325 e. The van der Waals surface area contributed by atoms with Crippen LogP contribution in [0.3, 0.4) is 0 Å². The van der Waals surface area contributed by atoms with Crippen molar-refractivity contribution in [2.45, 2.75) is 19.4 Å². The number of anilines is 1. The molecule has 1 saturated heterocycles. The minimum atomic E-state index is -1.22. The molecule has 3 aromatic rings. The smallest absolute Gasteiger partial charge is 0.325 e. The predicted octanol–water partition coefficient (Wildman–Crippen LogP) is 3.55. The topological polar surface area (TPSA) is 78.5 Å². The second-order valence-electron chi connectivity index (χ2n) is 7.43. The summed E-state index contributed by atoms with van der Waals surface area (Å²) in [4.78, 5) is 38.9. The maximum atomic E-state index is 13.1. The molecule has 0 spiro atoms. The Morgan fingerprint density at radius 3 is 2.52 bits per heavy atom. The van der Waals surface area contributed by atoms with Crippen LogP contribution in [0.1, 0.15) is 18.1 Å². The van der Waals surface area contributed by atoms with Crippen molar-refractivity contribution in [2.24, 2.45) is 0 Å². The van der Waals surface area contributed by atoms with Crippen molar-refractivity contribution in [1.29, 1.82) is 0 Å². The van der Waals surface area contributed by atoms with Gasteiger partial charge in [0.25, 0.3) is 5.91 Å². The average Bonchev–Trinajstić information content (AvgIpc) is 2.91. The molecule has 4 rings (SSSR count). The van der Waals surface area contributed by atoms with Crippen LogP contribution in [0.15, 0.2) is 66.7 Å². The molecule has 1 fully saturated rings. The van der Waals surface area contributed by atoms with E-state index in [1.54, 1.807) is 13.0 Å². The first kappa shape index (κ1) is 18.7. The van der Waals surface area contributed by atoms with Crippen LogP contribution in [0, 0.1) is 6.92 Å². The molecule has 1 aliphatic rings. The zero-order valence-electron chi connectivity index (χ0n) is 16.2. The molecule has 1 unspecified atom stereocenters. The number of carbonyl (C=O) groups is 3. The van der Waals surface area contributed by atoms with E-state index in [1.165, 1.54) is 0 Å². The molecule has 3 aromatic carbocycles. The number of amides is 4. The van der Waals surface area contributed by atoms with Crippen LogP contribution >= 0.6 is 0 Å². The van der Waals surface area contributed by atoms with Crippen molar-refractivity contribution in [3.05, 3.63) is 77.9 Å². The Hall–Kier alpha value is -3.67. The first-order valence-corrected chi connectivity index (χ1v) is 9.37. The van der Waals surface area contributed by atoms with E-state index in [2.05, 4.69) is 10.6 Å². The Morgan fingerprint density at radius 2 is 1.76 bits per heavy atom. The predicted molar refractivity (Wildman–Crippen MR) is 111 cm³/mol. The first-order chi connectivity index (χ1) is 13.9. The molecule has 0 aliphatic carbocycles. The van der Waals surface area contributed by atoms with Crippen molar-refractivity contribution in [2.75, 3.05) is 11.9 Å². The van der Waals surface area contributed by atoms with Crippen LogP contribution in [0.2, 0.25) is 0 Å². The van der Waals surface area contributed by atoms with Crippen LogP contribution in [0.5, 0.6) is 0 Å². The molecule has 146 valence electrons. The number of rotatable bonds is 4. The first-order valence-electron chi connectivity index (χ1n) is 9.37. The minimum Gasteiger partial charge on any atom is -0.325 e. The van der Waals surface area contributed by atoms with E-state index >= 15 is 0 Å². The number of nitrogens with zero attached hydrogens (tertiary/aromatic N) is 1. The molecule has 29 heavy (non-hydrogen) atoms. The van der Waals surface area contributed by atoms with E-state index in [4.69, 9.17) is 0 Å². The van der Waals surface area contributed by atoms with Gasteiger partial charge in [-0.2, -0.15) is 0 Å². The second kappa shape index (κ2) is 7.05. The normalized spacial score (nSPS) is 18.8. The summed E-state index contributed by atoms with van der Waals surface area (Å²) < 4.78 is 0. The average molecular weight is 387 g/mol. The van der Waals surface area contributed by atoms with E-state index in [9.17, 15) is 14.4 Å². The summed E-state index contributed by atoms with van der Waals surface area (Å²) in [5.74, 6) is -0.876.